The average molecular weight is 344 g/mol. The molecule has 72 valence electrons. The van der Waals surface area contributed by atoms with E-state index in [1.54, 1.807) is 0 Å². The maximum absolute atomic E-state index is 7.25. The van der Waals surface area contributed by atoms with Crippen LogP contribution in [-0.4, -0.2) is 0 Å². The maximum atomic E-state index is 7.25. The van der Waals surface area contributed by atoms with E-state index < -0.39 is 0 Å². The van der Waals surface area contributed by atoms with Crippen molar-refractivity contribution >= 4 is 24.8 Å². The fourth-order valence-corrected chi connectivity index (χ4v) is 0. The minimum atomic E-state index is 0. The quantitative estimate of drug-likeness (QED) is 0.336. The summed E-state index contributed by atoms with van der Waals surface area (Å²) in [6.45, 7) is 0. The topological polar surface area (TPSA) is 114 Å². The van der Waals surface area contributed by atoms with Crippen molar-refractivity contribution in [3.8, 4) is 0 Å². The number of hydrogen-bond acceptors (Lipinski definition) is 3. The van der Waals surface area contributed by atoms with Gasteiger partial charge in [-0.3, -0.25) is 0 Å². The largest absolute Gasteiger partial charge is 2.00 e. The second-order valence-corrected chi connectivity index (χ2v) is 0. The van der Waals surface area contributed by atoms with Crippen molar-refractivity contribution in [1.82, 2.24) is 12.3 Å². The van der Waals surface area contributed by atoms with Gasteiger partial charge in [0.2, 0.25) is 0 Å². The summed E-state index contributed by atoms with van der Waals surface area (Å²) in [4.78, 5) is 0. The molecule has 0 atom stereocenters. The van der Waals surface area contributed by atoms with Crippen molar-refractivity contribution in [1.29, 1.82) is 5.46 Å². The Morgan fingerprint density at radius 1 is 0.700 bits per heavy atom. The molecule has 0 saturated heterocycles. The first-order valence-electron chi connectivity index (χ1n) is 0.183. The zero-order valence-electron chi connectivity index (χ0n) is 4.57. The summed E-state index contributed by atoms with van der Waals surface area (Å²) >= 11 is 0. The standard InChI is InChI=1S/5ClH.NO.2H3N.Ru/c;;;;;1-2;;;/h5*1H;;2*1H3;/q;;;;;+1;;;+2/p-3. The molecule has 0 bridgehead atoms. The third-order valence-corrected chi connectivity index (χ3v) is 0. The smallest absolute Gasteiger partial charge is 1.00 e. The van der Waals surface area contributed by atoms with Crippen LogP contribution in [0.4, 0.5) is 0 Å². The summed E-state index contributed by atoms with van der Waals surface area (Å²) in [5, 5.41) is 0. The third-order valence-electron chi connectivity index (χ3n) is 0. The van der Waals surface area contributed by atoms with Crippen LogP contribution in [0.25, 0.3) is 0 Å². The molecule has 0 unspecified atom stereocenters. The summed E-state index contributed by atoms with van der Waals surface area (Å²) < 4.78 is 7.25. The molecule has 6 N–H and O–H groups in total. The average Bonchev–Trinajstić information content (AvgIpc) is 1.00. The van der Waals surface area contributed by atoms with Crippen LogP contribution in [0, 0.1) is 5.46 Å². The van der Waals surface area contributed by atoms with Crippen LogP contribution in [0.3, 0.4) is 0 Å². The Kier molecular flexibility index (Phi) is 6730. The predicted molar refractivity (Wildman–Crippen MR) is 27.0 cm³/mol. The Balaban J connectivity index is -0.000000000179. The molecule has 0 aromatic rings. The first-order chi connectivity index (χ1) is 1.00. The van der Waals surface area contributed by atoms with Gasteiger partial charge in [-0.25, -0.2) is 0 Å². The van der Waals surface area contributed by atoms with Crippen molar-refractivity contribution in [3.05, 3.63) is 0 Å². The monoisotopic (exact) mass is 343 g/mol. The molecule has 10 heteroatoms. The molecule has 0 aromatic carbocycles. The molecule has 0 fully saturated rings. The van der Waals surface area contributed by atoms with E-state index in [2.05, 4.69) is 0 Å². The number of nitrogens with zero attached hydrogens (tertiary/aromatic N) is 1. The van der Waals surface area contributed by atoms with Gasteiger partial charge in [0.25, 0.3) is 0 Å². The van der Waals surface area contributed by atoms with Crippen LogP contribution in [0.2, 0.25) is 0 Å². The summed E-state index contributed by atoms with van der Waals surface area (Å²) in [5.41, 5.74) is 5.75. The maximum Gasteiger partial charge on any atom is 2.00 e. The Labute approximate surface area is 104 Å². The van der Waals surface area contributed by atoms with Crippen LogP contribution in [0.15, 0.2) is 0 Å². The Morgan fingerprint density at radius 3 is 0.700 bits per heavy atom. The molecular formula is H8Cl5N3ORu. The zero-order chi connectivity index (χ0) is 2.00. The molecule has 0 saturated carbocycles. The van der Waals surface area contributed by atoms with Crippen LogP contribution in [0.5, 0.6) is 0 Å². The van der Waals surface area contributed by atoms with Crippen molar-refractivity contribution < 1.29 is 61.5 Å². The van der Waals surface area contributed by atoms with Crippen molar-refractivity contribution in [2.45, 2.75) is 0 Å². The molecule has 0 rings (SSSR count). The van der Waals surface area contributed by atoms with E-state index in [-0.39, 0.29) is 93.8 Å². The summed E-state index contributed by atoms with van der Waals surface area (Å²) in [7, 11) is 0. The van der Waals surface area contributed by atoms with E-state index in [0.29, 0.717) is 0 Å². The Hall–Kier alpha value is 1.66. The van der Waals surface area contributed by atoms with Gasteiger partial charge in [0, 0.05) is 0 Å². The van der Waals surface area contributed by atoms with Gasteiger partial charge in [0.05, 0.1) is 0 Å². The molecule has 0 aliphatic heterocycles. The van der Waals surface area contributed by atoms with Crippen LogP contribution in [0.1, 0.15) is 0 Å². The van der Waals surface area contributed by atoms with Crippen molar-refractivity contribution in [2.75, 3.05) is 0 Å². The van der Waals surface area contributed by atoms with E-state index >= 15 is 0 Å². The molecule has 10 heavy (non-hydrogen) atoms. The van der Waals surface area contributed by atoms with E-state index in [0.717, 1.165) is 0 Å². The van der Waals surface area contributed by atoms with E-state index in [1.165, 1.54) is 0 Å². The number of rotatable bonds is 0. The fraction of sp³-hybridized carbons (Fsp3) is 0. The van der Waals surface area contributed by atoms with E-state index in [4.69, 9.17) is 10.2 Å². The molecule has 4 nitrogen and oxygen atoms in total. The minimum absolute atomic E-state index is 0. The predicted octanol–water partition coefficient (Wildman–Crippen LogP) is -7.93. The molecular weight excluding hydrogens is 336 g/mol. The van der Waals surface area contributed by atoms with Crippen molar-refractivity contribution in [2.24, 2.45) is 0 Å². The summed E-state index contributed by atoms with van der Waals surface area (Å²) in [6.07, 6.45) is 0. The normalized spacial score (nSPS) is 0.200. The number of halogens is 5. The first-order valence-corrected chi connectivity index (χ1v) is 0.183. The molecule has 0 heterocycles. The Bertz CT molecular complexity index is 21.6. The van der Waals surface area contributed by atoms with Crippen LogP contribution in [-0.2, 0) is 24.3 Å². The molecule has 0 aliphatic rings. The third kappa shape index (κ3) is 262. The SMILES string of the molecule is Cl.Cl.N.N.N#[O+].[Cl-].[Cl-].[Cl-].[Ru+2]. The van der Waals surface area contributed by atoms with Gasteiger partial charge in [0.1, 0.15) is 0 Å². The van der Waals surface area contributed by atoms with Crippen LogP contribution < -0.4 is 49.5 Å². The summed E-state index contributed by atoms with van der Waals surface area (Å²) in [5.74, 6) is 0. The van der Waals surface area contributed by atoms with E-state index in [1.807, 2.05) is 0 Å². The summed E-state index contributed by atoms with van der Waals surface area (Å²) in [6, 6.07) is 0. The van der Waals surface area contributed by atoms with Gasteiger partial charge < -0.3 is 49.5 Å². The molecule has 0 spiro atoms. The molecule has 0 aliphatic carbocycles. The van der Waals surface area contributed by atoms with Gasteiger partial charge >= 0.3 is 29.7 Å². The fourth-order valence-electron chi connectivity index (χ4n) is 0. The second kappa shape index (κ2) is 360. The molecule has 0 radical (unpaired) electrons. The van der Waals surface area contributed by atoms with Gasteiger partial charge in [-0.05, 0) is 0 Å². The Morgan fingerprint density at radius 2 is 0.700 bits per heavy atom. The molecule has 0 aromatic heterocycles. The van der Waals surface area contributed by atoms with Gasteiger partial charge in [-0.2, -0.15) is 0 Å². The first kappa shape index (κ1) is 187. The van der Waals surface area contributed by atoms with E-state index in [9.17, 15) is 0 Å². The van der Waals surface area contributed by atoms with Crippen molar-refractivity contribution in [3.63, 3.8) is 0 Å². The number of hydrogen-bond donors (Lipinski definition) is 2. The van der Waals surface area contributed by atoms with Crippen LogP contribution >= 0.6 is 24.8 Å². The zero-order valence-corrected chi connectivity index (χ0v) is 10.2. The van der Waals surface area contributed by atoms with Gasteiger partial charge in [-0.1, -0.05) is 0 Å². The second-order valence-electron chi connectivity index (χ2n) is 0. The van der Waals surface area contributed by atoms with Gasteiger partial charge in [-0.15, -0.1) is 24.8 Å². The van der Waals surface area contributed by atoms with Gasteiger partial charge in [0.15, 0.2) is 0 Å². The minimum Gasteiger partial charge on any atom is -1.00 e. The molecule has 0 amide bonds.